The second kappa shape index (κ2) is 7.17. The van der Waals surface area contributed by atoms with Gasteiger partial charge in [0.05, 0.1) is 5.01 Å². The highest BCUT2D eigenvalue weighted by molar-refractivity contribution is 7.11. The summed E-state index contributed by atoms with van der Waals surface area (Å²) in [5.74, 6) is 0.940. The minimum Gasteiger partial charge on any atom is -0.491 e. The summed E-state index contributed by atoms with van der Waals surface area (Å²) in [6, 6.07) is 5.76. The van der Waals surface area contributed by atoms with Crippen molar-refractivity contribution >= 4 is 11.3 Å². The van der Waals surface area contributed by atoms with Crippen LogP contribution in [0.15, 0.2) is 30.5 Å². The van der Waals surface area contributed by atoms with Crippen molar-refractivity contribution in [3.63, 3.8) is 0 Å². The minimum atomic E-state index is -0.610. The molecule has 1 heterocycles. The Labute approximate surface area is 133 Å². The summed E-state index contributed by atoms with van der Waals surface area (Å²) in [6.45, 7) is 1.32. The van der Waals surface area contributed by atoms with Crippen molar-refractivity contribution in [2.75, 3.05) is 13.2 Å². The Balaban J connectivity index is 1.34. The highest BCUT2D eigenvalue weighted by Crippen LogP contribution is 2.41. The first-order valence-electron chi connectivity index (χ1n) is 7.42. The molecule has 118 valence electrons. The van der Waals surface area contributed by atoms with E-state index in [1.165, 1.54) is 34.9 Å². The Kier molecular flexibility index (Phi) is 5.02. The number of nitrogens with one attached hydrogen (secondary N) is 1. The van der Waals surface area contributed by atoms with E-state index in [0.717, 1.165) is 0 Å². The van der Waals surface area contributed by atoms with Gasteiger partial charge in [-0.25, -0.2) is 9.37 Å². The van der Waals surface area contributed by atoms with Gasteiger partial charge in [-0.05, 0) is 37.1 Å². The molecule has 3 rings (SSSR count). The van der Waals surface area contributed by atoms with Crippen LogP contribution in [0.2, 0.25) is 0 Å². The fourth-order valence-corrected chi connectivity index (χ4v) is 3.12. The molecule has 6 heteroatoms. The third kappa shape index (κ3) is 4.50. The molecule has 0 aliphatic heterocycles. The zero-order valence-corrected chi connectivity index (χ0v) is 13.0. The van der Waals surface area contributed by atoms with E-state index in [-0.39, 0.29) is 12.4 Å². The minimum absolute atomic E-state index is 0.175. The molecule has 0 saturated heterocycles. The molecule has 1 aliphatic carbocycles. The number of aliphatic hydroxyl groups is 1. The number of hydrogen-bond acceptors (Lipinski definition) is 5. The maximum atomic E-state index is 12.7. The van der Waals surface area contributed by atoms with Gasteiger partial charge in [0.25, 0.3) is 0 Å². The Bertz CT molecular complexity index is 598. The third-order valence-electron chi connectivity index (χ3n) is 3.43. The van der Waals surface area contributed by atoms with E-state index in [9.17, 15) is 9.50 Å². The van der Waals surface area contributed by atoms with Crippen LogP contribution in [0, 0.1) is 5.82 Å². The number of aromatic nitrogens is 1. The smallest absolute Gasteiger partial charge is 0.123 e. The molecule has 2 N–H and O–H groups in total. The summed E-state index contributed by atoms with van der Waals surface area (Å²) in [5.41, 5.74) is 0. The van der Waals surface area contributed by atoms with Crippen molar-refractivity contribution < 1.29 is 14.2 Å². The molecule has 1 unspecified atom stereocenters. The molecular formula is C16H19FN2O2S. The largest absolute Gasteiger partial charge is 0.491 e. The normalized spacial score (nSPS) is 15.7. The number of ether oxygens (including phenoxy) is 1. The van der Waals surface area contributed by atoms with Gasteiger partial charge in [-0.15, -0.1) is 11.3 Å². The Morgan fingerprint density at radius 3 is 2.86 bits per heavy atom. The molecule has 1 fully saturated rings. The van der Waals surface area contributed by atoms with Crippen molar-refractivity contribution in [2.24, 2.45) is 0 Å². The van der Waals surface area contributed by atoms with Crippen molar-refractivity contribution in [1.29, 1.82) is 0 Å². The molecule has 4 nitrogen and oxygen atoms in total. The van der Waals surface area contributed by atoms with Gasteiger partial charge in [0.1, 0.15) is 24.3 Å². The van der Waals surface area contributed by atoms with Crippen LogP contribution < -0.4 is 10.1 Å². The van der Waals surface area contributed by atoms with Crippen molar-refractivity contribution in [1.82, 2.24) is 10.3 Å². The fraction of sp³-hybridized carbons (Fsp3) is 0.438. The van der Waals surface area contributed by atoms with Gasteiger partial charge in [-0.1, -0.05) is 0 Å². The summed E-state index contributed by atoms with van der Waals surface area (Å²) in [6.07, 6.45) is 3.83. The highest BCUT2D eigenvalue weighted by Gasteiger charge is 2.26. The first-order valence-corrected chi connectivity index (χ1v) is 8.24. The number of nitrogens with zero attached hydrogens (tertiary/aromatic N) is 1. The summed E-state index contributed by atoms with van der Waals surface area (Å²) < 4.78 is 18.2. The lowest BCUT2D eigenvalue weighted by atomic mass is 10.3. The molecule has 22 heavy (non-hydrogen) atoms. The molecule has 1 atom stereocenters. The quantitative estimate of drug-likeness (QED) is 0.784. The van der Waals surface area contributed by atoms with Crippen LogP contribution in [0.1, 0.15) is 28.6 Å². The van der Waals surface area contributed by atoms with Gasteiger partial charge in [0.2, 0.25) is 0 Å². The molecule has 0 spiro atoms. The molecule has 1 aromatic carbocycles. The molecular weight excluding hydrogens is 303 g/mol. The van der Waals surface area contributed by atoms with Crippen LogP contribution in [-0.2, 0) is 6.54 Å². The third-order valence-corrected chi connectivity index (χ3v) is 4.59. The molecule has 0 bridgehead atoms. The SMILES string of the molecule is OC(CNCc1cnc(C2CC2)s1)COc1ccc(F)cc1. The van der Waals surface area contributed by atoms with Crippen LogP contribution >= 0.6 is 11.3 Å². The lowest BCUT2D eigenvalue weighted by Crippen LogP contribution is -2.30. The maximum absolute atomic E-state index is 12.7. The summed E-state index contributed by atoms with van der Waals surface area (Å²) in [5, 5.41) is 14.3. The standard InChI is InChI=1S/C16H19FN2O2S/c17-12-3-5-14(6-4-12)21-10-13(20)7-18-8-15-9-19-16(22-15)11-1-2-11/h3-6,9,11,13,18,20H,1-2,7-8,10H2. The number of rotatable bonds is 8. The maximum Gasteiger partial charge on any atom is 0.123 e. The van der Waals surface area contributed by atoms with Gasteiger partial charge in [-0.3, -0.25) is 0 Å². The number of halogens is 1. The molecule has 1 saturated carbocycles. The van der Waals surface area contributed by atoms with E-state index < -0.39 is 6.10 Å². The predicted molar refractivity (Wildman–Crippen MR) is 83.7 cm³/mol. The van der Waals surface area contributed by atoms with E-state index in [0.29, 0.717) is 24.8 Å². The average molecular weight is 322 g/mol. The summed E-state index contributed by atoms with van der Waals surface area (Å²) >= 11 is 1.74. The first kappa shape index (κ1) is 15.4. The second-order valence-corrected chi connectivity index (χ2v) is 6.64. The molecule has 1 aliphatic rings. The van der Waals surface area contributed by atoms with Gasteiger partial charge in [0.15, 0.2) is 0 Å². The van der Waals surface area contributed by atoms with Gasteiger partial charge < -0.3 is 15.2 Å². The van der Waals surface area contributed by atoms with Crippen LogP contribution in [0.3, 0.4) is 0 Å². The summed E-state index contributed by atoms with van der Waals surface area (Å²) in [7, 11) is 0. The van der Waals surface area contributed by atoms with Gasteiger partial charge in [-0.2, -0.15) is 0 Å². The summed E-state index contributed by atoms with van der Waals surface area (Å²) in [4.78, 5) is 5.61. The van der Waals surface area contributed by atoms with Crippen LogP contribution in [0.4, 0.5) is 4.39 Å². The topological polar surface area (TPSA) is 54.4 Å². The fourth-order valence-electron chi connectivity index (χ4n) is 2.07. The van der Waals surface area contributed by atoms with Gasteiger partial charge >= 0.3 is 0 Å². The zero-order chi connectivity index (χ0) is 15.4. The van der Waals surface area contributed by atoms with E-state index in [1.807, 2.05) is 6.20 Å². The lowest BCUT2D eigenvalue weighted by molar-refractivity contribution is 0.106. The van der Waals surface area contributed by atoms with Crippen molar-refractivity contribution in [2.45, 2.75) is 31.4 Å². The van der Waals surface area contributed by atoms with E-state index in [2.05, 4.69) is 10.3 Å². The average Bonchev–Trinajstić information content (AvgIpc) is 3.26. The highest BCUT2D eigenvalue weighted by atomic mass is 32.1. The molecule has 0 radical (unpaired) electrons. The predicted octanol–water partition coefficient (Wildman–Crippen LogP) is 2.69. The number of aliphatic hydroxyl groups excluding tert-OH is 1. The van der Waals surface area contributed by atoms with Crippen LogP contribution in [0.5, 0.6) is 5.75 Å². The number of hydrogen-bond donors (Lipinski definition) is 2. The Morgan fingerprint density at radius 1 is 1.36 bits per heavy atom. The number of thiazole rings is 1. The molecule has 0 amide bonds. The monoisotopic (exact) mass is 322 g/mol. The van der Waals surface area contributed by atoms with Gasteiger partial charge in [0, 0.05) is 30.1 Å². The molecule has 1 aromatic heterocycles. The number of benzene rings is 1. The van der Waals surface area contributed by atoms with Crippen LogP contribution in [0.25, 0.3) is 0 Å². The molecule has 2 aromatic rings. The van der Waals surface area contributed by atoms with E-state index >= 15 is 0 Å². The van der Waals surface area contributed by atoms with Crippen molar-refractivity contribution in [3.8, 4) is 5.75 Å². The first-order chi connectivity index (χ1) is 10.7. The zero-order valence-electron chi connectivity index (χ0n) is 12.2. The second-order valence-electron chi connectivity index (χ2n) is 5.49. The Morgan fingerprint density at radius 2 is 2.14 bits per heavy atom. The van der Waals surface area contributed by atoms with E-state index in [4.69, 9.17) is 4.74 Å². The van der Waals surface area contributed by atoms with Crippen LogP contribution in [-0.4, -0.2) is 29.3 Å². The van der Waals surface area contributed by atoms with E-state index in [1.54, 1.807) is 23.5 Å². The van der Waals surface area contributed by atoms with Crippen molar-refractivity contribution in [3.05, 3.63) is 46.2 Å². The lowest BCUT2D eigenvalue weighted by Gasteiger charge is -2.12. The Hall–Kier alpha value is -1.50.